The van der Waals surface area contributed by atoms with E-state index in [0.29, 0.717) is 22.3 Å². The number of nitrogens with one attached hydrogen (secondary N) is 1. The lowest BCUT2D eigenvalue weighted by atomic mass is 9.76. The molecule has 2 unspecified atom stereocenters. The van der Waals surface area contributed by atoms with Crippen molar-refractivity contribution in [1.82, 2.24) is 20.0 Å². The van der Waals surface area contributed by atoms with Gasteiger partial charge in [0.2, 0.25) is 0 Å². The predicted molar refractivity (Wildman–Crippen MR) is 153 cm³/mol. The molecule has 8 nitrogen and oxygen atoms in total. The van der Waals surface area contributed by atoms with Crippen LogP contribution in [0.1, 0.15) is 89.9 Å². The van der Waals surface area contributed by atoms with Crippen molar-refractivity contribution in [2.75, 3.05) is 21.1 Å². The van der Waals surface area contributed by atoms with Crippen molar-refractivity contribution in [2.45, 2.75) is 89.9 Å². The lowest BCUT2D eigenvalue weighted by Gasteiger charge is -2.35. The lowest BCUT2D eigenvalue weighted by molar-refractivity contribution is -0.124. The number of nitrogens with zero attached hydrogens (tertiary/aromatic N) is 3. The highest BCUT2D eigenvalue weighted by molar-refractivity contribution is 6.20. The third-order valence-corrected chi connectivity index (χ3v) is 11.1. The van der Waals surface area contributed by atoms with Gasteiger partial charge in [-0.15, -0.1) is 0 Å². The maximum Gasteiger partial charge on any atom is 0.260 e. The maximum atomic E-state index is 13.7. The minimum absolute atomic E-state index is 0.0170. The van der Waals surface area contributed by atoms with Gasteiger partial charge in [-0.2, -0.15) is 0 Å². The fourth-order valence-electron chi connectivity index (χ4n) is 9.18. The van der Waals surface area contributed by atoms with E-state index < -0.39 is 0 Å². The van der Waals surface area contributed by atoms with Crippen molar-refractivity contribution in [1.29, 1.82) is 0 Å². The van der Waals surface area contributed by atoms with Gasteiger partial charge < -0.3 is 20.0 Å². The molecule has 2 atom stereocenters. The molecule has 4 heterocycles. The Labute approximate surface area is 242 Å². The van der Waals surface area contributed by atoms with Crippen molar-refractivity contribution in [3.8, 4) is 0 Å². The number of amides is 4. The van der Waals surface area contributed by atoms with Crippen LogP contribution in [0.15, 0.2) is 45.1 Å². The zero-order valence-corrected chi connectivity index (χ0v) is 24.7. The molecule has 0 aromatic rings. The van der Waals surface area contributed by atoms with Gasteiger partial charge in [0.1, 0.15) is 0 Å². The number of allylic oxidation sites excluding steroid dienone is 4. The molecule has 1 N–H and O–H groups in total. The average Bonchev–Trinajstić information content (AvgIpc) is 3.64. The van der Waals surface area contributed by atoms with E-state index in [0.717, 1.165) is 99.8 Å². The van der Waals surface area contributed by atoms with Gasteiger partial charge in [-0.3, -0.25) is 19.2 Å². The van der Waals surface area contributed by atoms with E-state index >= 15 is 0 Å². The van der Waals surface area contributed by atoms with Crippen LogP contribution in [-0.4, -0.2) is 59.5 Å². The Kier molecular flexibility index (Phi) is 6.51. The second-order valence-corrected chi connectivity index (χ2v) is 13.3. The van der Waals surface area contributed by atoms with Crippen LogP contribution >= 0.6 is 0 Å². The van der Waals surface area contributed by atoms with Crippen LogP contribution in [0.5, 0.6) is 0 Å². The highest BCUT2D eigenvalue weighted by Gasteiger charge is 2.51. The summed E-state index contributed by atoms with van der Waals surface area (Å²) in [5.74, 6) is 0.229. The second-order valence-electron chi connectivity index (χ2n) is 13.3. The van der Waals surface area contributed by atoms with E-state index in [1.54, 1.807) is 14.7 Å². The summed E-state index contributed by atoms with van der Waals surface area (Å²) >= 11 is 0. The molecule has 4 aliphatic heterocycles. The van der Waals surface area contributed by atoms with Crippen LogP contribution in [0.25, 0.3) is 0 Å². The third-order valence-electron chi connectivity index (χ3n) is 11.1. The smallest absolute Gasteiger partial charge is 0.260 e. The van der Waals surface area contributed by atoms with Gasteiger partial charge in [0.15, 0.2) is 0 Å². The van der Waals surface area contributed by atoms with Gasteiger partial charge in [0.05, 0.1) is 22.3 Å². The molecule has 3 saturated carbocycles. The van der Waals surface area contributed by atoms with E-state index in [2.05, 4.69) is 5.32 Å². The Morgan fingerprint density at radius 3 is 1.44 bits per heavy atom. The molecule has 7 aliphatic rings. The molecule has 0 saturated heterocycles. The first-order chi connectivity index (χ1) is 19.8. The highest BCUT2D eigenvalue weighted by atomic mass is 16.2. The normalized spacial score (nSPS) is 30.1. The fourth-order valence-corrected chi connectivity index (χ4v) is 9.18. The molecule has 7 rings (SSSR count). The zero-order chi connectivity index (χ0) is 28.6. The van der Waals surface area contributed by atoms with E-state index in [-0.39, 0.29) is 47.3 Å². The summed E-state index contributed by atoms with van der Waals surface area (Å²) in [6.07, 6.45) is 14.5. The fraction of sp³-hybridized carbons (Fsp3) is 0.636. The molecule has 3 fully saturated rings. The topological polar surface area (TPSA) is 90.0 Å². The largest absolute Gasteiger partial charge is 0.325 e. The quantitative estimate of drug-likeness (QED) is 0.550. The average molecular weight is 559 g/mol. The van der Waals surface area contributed by atoms with E-state index in [1.165, 1.54) is 12.8 Å². The molecular formula is C33H42N4O4. The summed E-state index contributed by atoms with van der Waals surface area (Å²) in [5.41, 5.74) is 5.90. The van der Waals surface area contributed by atoms with Gasteiger partial charge in [-0.25, -0.2) is 0 Å². The van der Waals surface area contributed by atoms with Gasteiger partial charge in [-0.1, -0.05) is 44.9 Å². The van der Waals surface area contributed by atoms with Crippen molar-refractivity contribution in [3.63, 3.8) is 0 Å². The highest BCUT2D eigenvalue weighted by Crippen LogP contribution is 2.51. The van der Waals surface area contributed by atoms with Crippen LogP contribution in [0.4, 0.5) is 0 Å². The van der Waals surface area contributed by atoms with Gasteiger partial charge in [-0.05, 0) is 50.9 Å². The standard InChI is InChI=1S/C33H42N4O4/c1-35-27(19-13-8-5-9-14-19)24-25(33(35)41)29(37(3)32(24)40)21-16-10-15-20(17-21)28-23-22(31(39)36(28)2)26(34-30(23)38)18-11-6-4-7-12-18/h18-21H,4-17H2,1-3H3,(H,34,38). The molecular weight excluding hydrogens is 516 g/mol. The summed E-state index contributed by atoms with van der Waals surface area (Å²) in [4.78, 5) is 59.7. The van der Waals surface area contributed by atoms with Gasteiger partial charge >= 0.3 is 0 Å². The molecule has 0 spiro atoms. The molecule has 8 heteroatoms. The zero-order valence-electron chi connectivity index (χ0n) is 24.7. The van der Waals surface area contributed by atoms with E-state index in [9.17, 15) is 19.2 Å². The first kappa shape index (κ1) is 26.7. The predicted octanol–water partition coefficient (Wildman–Crippen LogP) is 4.52. The van der Waals surface area contributed by atoms with Crippen molar-refractivity contribution in [3.05, 3.63) is 45.1 Å². The van der Waals surface area contributed by atoms with Crippen LogP contribution in [0.3, 0.4) is 0 Å². The molecule has 0 aromatic carbocycles. The first-order valence-electron chi connectivity index (χ1n) is 15.9. The summed E-state index contributed by atoms with van der Waals surface area (Å²) in [6.45, 7) is 0. The maximum absolute atomic E-state index is 13.7. The van der Waals surface area contributed by atoms with E-state index in [4.69, 9.17) is 0 Å². The summed E-state index contributed by atoms with van der Waals surface area (Å²) < 4.78 is 0. The number of carbonyl (C=O) groups excluding carboxylic acids is 4. The van der Waals surface area contributed by atoms with Gasteiger partial charge in [0, 0.05) is 61.7 Å². The molecule has 0 radical (unpaired) electrons. The number of carbonyl (C=O) groups is 4. The van der Waals surface area contributed by atoms with Crippen molar-refractivity contribution < 1.29 is 19.2 Å². The second kappa shape index (κ2) is 9.99. The summed E-state index contributed by atoms with van der Waals surface area (Å²) in [7, 11) is 5.46. The number of hydrogen-bond acceptors (Lipinski definition) is 4. The molecule has 218 valence electrons. The molecule has 0 aromatic heterocycles. The Bertz CT molecular complexity index is 1370. The molecule has 0 bridgehead atoms. The summed E-state index contributed by atoms with van der Waals surface area (Å²) in [5, 5.41) is 3.12. The third kappa shape index (κ3) is 3.92. The minimum atomic E-state index is -0.138. The Hall–Kier alpha value is -3.16. The first-order valence-corrected chi connectivity index (χ1v) is 15.9. The molecule has 4 amide bonds. The SMILES string of the molecule is CN1C(=O)C2=C(C3CCCCC3)NC(=O)C2=C1C1CCCC(C2=C3C(=O)N(C)C(C4CCCCC4)=C3C(=O)N2C)C1. The molecule has 41 heavy (non-hydrogen) atoms. The Balaban J connectivity index is 1.25. The van der Waals surface area contributed by atoms with Crippen LogP contribution in [-0.2, 0) is 19.2 Å². The van der Waals surface area contributed by atoms with E-state index in [1.807, 2.05) is 21.1 Å². The van der Waals surface area contributed by atoms with Crippen LogP contribution in [0.2, 0.25) is 0 Å². The van der Waals surface area contributed by atoms with Crippen LogP contribution in [0, 0.1) is 23.7 Å². The molecule has 3 aliphatic carbocycles. The minimum Gasteiger partial charge on any atom is -0.325 e. The summed E-state index contributed by atoms with van der Waals surface area (Å²) in [6, 6.07) is 0. The Morgan fingerprint density at radius 1 is 0.488 bits per heavy atom. The number of fused-ring (bicyclic) bond motifs is 2. The van der Waals surface area contributed by atoms with Crippen molar-refractivity contribution in [2.24, 2.45) is 23.7 Å². The van der Waals surface area contributed by atoms with Gasteiger partial charge in [0.25, 0.3) is 23.6 Å². The Morgan fingerprint density at radius 2 is 0.902 bits per heavy atom. The van der Waals surface area contributed by atoms with Crippen molar-refractivity contribution >= 4 is 23.6 Å². The number of likely N-dealkylation sites (N-methyl/N-ethyl adjacent to an activating group) is 3. The lowest BCUT2D eigenvalue weighted by Crippen LogP contribution is -2.34. The number of rotatable bonds is 4. The monoisotopic (exact) mass is 558 g/mol. The number of hydrogen-bond donors (Lipinski definition) is 1. The van der Waals surface area contributed by atoms with Crippen LogP contribution < -0.4 is 5.32 Å².